The highest BCUT2D eigenvalue weighted by Crippen LogP contribution is 2.29. The summed E-state index contributed by atoms with van der Waals surface area (Å²) in [7, 11) is 0. The molecule has 3 rings (SSSR count). The second kappa shape index (κ2) is 4.08. The Kier molecular flexibility index (Phi) is 2.59. The predicted octanol–water partition coefficient (Wildman–Crippen LogP) is 1.25. The number of nitrogens with one attached hydrogen (secondary N) is 1. The number of para-hydroxylation sites is 2. The van der Waals surface area contributed by atoms with Crippen LogP contribution in [0.2, 0.25) is 0 Å². The van der Waals surface area contributed by atoms with Crippen molar-refractivity contribution in [1.82, 2.24) is 10.3 Å². The van der Waals surface area contributed by atoms with Gasteiger partial charge in [0.15, 0.2) is 5.58 Å². The van der Waals surface area contributed by atoms with E-state index in [2.05, 4.69) is 10.3 Å². The summed E-state index contributed by atoms with van der Waals surface area (Å²) in [5, 5.41) is 13.6. The third-order valence-corrected chi connectivity index (χ3v) is 3.81. The molecule has 0 spiro atoms. The van der Waals surface area contributed by atoms with Crippen molar-refractivity contribution in [2.24, 2.45) is 0 Å². The maximum Gasteiger partial charge on any atom is 0.257 e. The lowest BCUT2D eigenvalue weighted by Crippen LogP contribution is -2.19. The van der Waals surface area contributed by atoms with Crippen molar-refractivity contribution < 1.29 is 9.52 Å². The molecule has 0 amide bonds. The van der Waals surface area contributed by atoms with Gasteiger partial charge in [0, 0.05) is 13.1 Å². The van der Waals surface area contributed by atoms with E-state index in [1.165, 1.54) is 11.8 Å². The molecule has 1 aromatic carbocycles. The monoisotopic (exact) mass is 236 g/mol. The minimum Gasteiger partial charge on any atom is -0.431 e. The summed E-state index contributed by atoms with van der Waals surface area (Å²) in [5.41, 5.74) is 1.66. The molecule has 0 radical (unpaired) electrons. The van der Waals surface area contributed by atoms with Crippen LogP contribution < -0.4 is 5.32 Å². The molecule has 4 nitrogen and oxygen atoms in total. The number of aromatic nitrogens is 1. The quantitative estimate of drug-likeness (QED) is 0.822. The van der Waals surface area contributed by atoms with Crippen LogP contribution in [0.5, 0.6) is 0 Å². The fourth-order valence-corrected chi connectivity index (χ4v) is 2.79. The van der Waals surface area contributed by atoms with Crippen LogP contribution in [0.3, 0.4) is 0 Å². The maximum atomic E-state index is 9.67. The van der Waals surface area contributed by atoms with Crippen LogP contribution in [0.15, 0.2) is 33.9 Å². The summed E-state index contributed by atoms with van der Waals surface area (Å²) >= 11 is 1.49. The van der Waals surface area contributed by atoms with E-state index in [9.17, 15) is 5.11 Å². The normalized spacial score (nSPS) is 25.3. The highest BCUT2D eigenvalue weighted by molar-refractivity contribution is 7.99. The molecular formula is C11H12N2O2S. The summed E-state index contributed by atoms with van der Waals surface area (Å²) in [6.45, 7) is 1.45. The molecule has 16 heavy (non-hydrogen) atoms. The van der Waals surface area contributed by atoms with Crippen LogP contribution in [-0.2, 0) is 0 Å². The number of rotatable bonds is 2. The number of aliphatic hydroxyl groups is 1. The van der Waals surface area contributed by atoms with Gasteiger partial charge in [-0.25, -0.2) is 4.98 Å². The molecule has 0 bridgehead atoms. The number of thioether (sulfide) groups is 1. The summed E-state index contributed by atoms with van der Waals surface area (Å²) in [6, 6.07) is 7.68. The van der Waals surface area contributed by atoms with Gasteiger partial charge >= 0.3 is 0 Å². The van der Waals surface area contributed by atoms with Crippen molar-refractivity contribution in [2.75, 3.05) is 13.1 Å². The second-order valence-corrected chi connectivity index (χ2v) is 5.02. The first-order valence-corrected chi connectivity index (χ1v) is 6.12. The minimum atomic E-state index is -0.319. The van der Waals surface area contributed by atoms with Crippen molar-refractivity contribution >= 4 is 22.9 Å². The second-order valence-electron chi connectivity index (χ2n) is 3.83. The van der Waals surface area contributed by atoms with Crippen molar-refractivity contribution in [1.29, 1.82) is 0 Å². The molecule has 0 aliphatic carbocycles. The van der Waals surface area contributed by atoms with Crippen LogP contribution in [0.1, 0.15) is 0 Å². The van der Waals surface area contributed by atoms with Gasteiger partial charge in [-0.2, -0.15) is 0 Å². The van der Waals surface area contributed by atoms with Crippen molar-refractivity contribution in [3.05, 3.63) is 24.3 Å². The van der Waals surface area contributed by atoms with Crippen LogP contribution in [0, 0.1) is 0 Å². The zero-order chi connectivity index (χ0) is 11.0. The van der Waals surface area contributed by atoms with Crippen LogP contribution in [0.25, 0.3) is 11.1 Å². The first kappa shape index (κ1) is 10.1. The number of aliphatic hydroxyl groups excluding tert-OH is 1. The highest BCUT2D eigenvalue weighted by Gasteiger charge is 2.27. The van der Waals surface area contributed by atoms with E-state index in [1.807, 2.05) is 24.3 Å². The van der Waals surface area contributed by atoms with Gasteiger partial charge in [-0.1, -0.05) is 23.9 Å². The fraction of sp³-hybridized carbons (Fsp3) is 0.364. The van der Waals surface area contributed by atoms with Crippen LogP contribution in [-0.4, -0.2) is 34.5 Å². The van der Waals surface area contributed by atoms with Gasteiger partial charge in [-0.15, -0.1) is 0 Å². The lowest BCUT2D eigenvalue weighted by atomic mass is 10.3. The average molecular weight is 236 g/mol. The Labute approximate surface area is 97.0 Å². The maximum absolute atomic E-state index is 9.67. The molecule has 2 unspecified atom stereocenters. The third kappa shape index (κ3) is 1.81. The first-order valence-electron chi connectivity index (χ1n) is 5.24. The molecular weight excluding hydrogens is 224 g/mol. The topological polar surface area (TPSA) is 58.3 Å². The van der Waals surface area contributed by atoms with E-state index in [1.54, 1.807) is 0 Å². The number of fused-ring (bicyclic) bond motifs is 1. The predicted molar refractivity (Wildman–Crippen MR) is 62.5 cm³/mol. The lowest BCUT2D eigenvalue weighted by molar-refractivity contribution is 0.200. The highest BCUT2D eigenvalue weighted by atomic mass is 32.2. The zero-order valence-electron chi connectivity index (χ0n) is 8.59. The van der Waals surface area contributed by atoms with E-state index in [0.29, 0.717) is 11.8 Å². The number of hydrogen-bond donors (Lipinski definition) is 2. The van der Waals surface area contributed by atoms with Gasteiger partial charge in [-0.3, -0.25) is 0 Å². The Hall–Kier alpha value is -1.04. The summed E-state index contributed by atoms with van der Waals surface area (Å²) in [6.07, 6.45) is -0.319. The Morgan fingerprint density at radius 2 is 2.25 bits per heavy atom. The van der Waals surface area contributed by atoms with E-state index >= 15 is 0 Å². The molecule has 1 aliphatic rings. The van der Waals surface area contributed by atoms with Crippen LogP contribution in [0.4, 0.5) is 0 Å². The molecule has 1 aromatic heterocycles. The molecule has 84 valence electrons. The minimum absolute atomic E-state index is 0.132. The zero-order valence-corrected chi connectivity index (χ0v) is 9.41. The van der Waals surface area contributed by atoms with Crippen molar-refractivity contribution in [2.45, 2.75) is 16.6 Å². The van der Waals surface area contributed by atoms with E-state index in [0.717, 1.165) is 17.6 Å². The number of benzene rings is 1. The molecule has 2 N–H and O–H groups in total. The summed E-state index contributed by atoms with van der Waals surface area (Å²) in [5.74, 6) is 0. The Morgan fingerprint density at radius 1 is 1.38 bits per heavy atom. The summed E-state index contributed by atoms with van der Waals surface area (Å²) in [4.78, 5) is 4.37. The SMILES string of the molecule is OC1CNCC1Sc1nc2ccccc2o1. The van der Waals surface area contributed by atoms with Crippen molar-refractivity contribution in [3.63, 3.8) is 0 Å². The molecule has 2 aromatic rings. The van der Waals surface area contributed by atoms with Crippen molar-refractivity contribution in [3.8, 4) is 0 Å². The molecule has 2 heterocycles. The molecule has 2 atom stereocenters. The Morgan fingerprint density at radius 3 is 3.00 bits per heavy atom. The number of hydrogen-bond acceptors (Lipinski definition) is 5. The Balaban J connectivity index is 1.83. The lowest BCUT2D eigenvalue weighted by Gasteiger charge is -2.08. The Bertz CT molecular complexity index is 466. The molecule has 1 aliphatic heterocycles. The smallest absolute Gasteiger partial charge is 0.257 e. The van der Waals surface area contributed by atoms with E-state index in [-0.39, 0.29) is 11.4 Å². The van der Waals surface area contributed by atoms with E-state index < -0.39 is 0 Å². The number of β-amino-alcohol motifs (C(OH)–C–C–N with tert-alkyl or cyclic N) is 1. The molecule has 0 saturated carbocycles. The number of nitrogens with zero attached hydrogens (tertiary/aromatic N) is 1. The van der Waals surface area contributed by atoms with Gasteiger partial charge in [0.25, 0.3) is 5.22 Å². The molecule has 1 saturated heterocycles. The van der Waals surface area contributed by atoms with Crippen LogP contribution >= 0.6 is 11.8 Å². The fourth-order valence-electron chi connectivity index (χ4n) is 1.79. The standard InChI is InChI=1S/C11H12N2O2S/c14-8-5-12-6-10(8)16-11-13-7-3-1-2-4-9(7)15-11/h1-4,8,10,12,14H,5-6H2. The largest absolute Gasteiger partial charge is 0.431 e. The molecule has 1 fully saturated rings. The van der Waals surface area contributed by atoms with Gasteiger partial charge in [0.1, 0.15) is 5.52 Å². The van der Waals surface area contributed by atoms with Gasteiger partial charge < -0.3 is 14.8 Å². The van der Waals surface area contributed by atoms with E-state index in [4.69, 9.17) is 4.42 Å². The average Bonchev–Trinajstić information content (AvgIpc) is 2.85. The van der Waals surface area contributed by atoms with Gasteiger partial charge in [-0.05, 0) is 12.1 Å². The first-order chi connectivity index (χ1) is 7.83. The number of oxazole rings is 1. The third-order valence-electron chi connectivity index (χ3n) is 2.65. The molecule has 5 heteroatoms. The van der Waals surface area contributed by atoms with Gasteiger partial charge in [0.05, 0.1) is 11.4 Å². The summed E-state index contributed by atoms with van der Waals surface area (Å²) < 4.78 is 5.59. The van der Waals surface area contributed by atoms with Gasteiger partial charge in [0.2, 0.25) is 0 Å².